The van der Waals surface area contributed by atoms with Crippen molar-refractivity contribution in [2.75, 3.05) is 0 Å². The van der Waals surface area contributed by atoms with Gasteiger partial charge in [-0.1, -0.05) is 37.2 Å². The molecule has 9 heteroatoms. The van der Waals surface area contributed by atoms with Crippen molar-refractivity contribution in [1.29, 1.82) is 0 Å². The Morgan fingerprint density at radius 3 is 2.56 bits per heavy atom. The highest BCUT2D eigenvalue weighted by Gasteiger charge is 2.21. The van der Waals surface area contributed by atoms with Crippen LogP contribution in [0, 0.1) is 6.92 Å². The van der Waals surface area contributed by atoms with Crippen molar-refractivity contribution in [2.45, 2.75) is 33.3 Å². The van der Waals surface area contributed by atoms with Crippen molar-refractivity contribution in [2.24, 2.45) is 0 Å². The maximum atomic E-state index is 12.8. The van der Waals surface area contributed by atoms with Gasteiger partial charge in [-0.05, 0) is 43.2 Å². The summed E-state index contributed by atoms with van der Waals surface area (Å²) in [6.07, 6.45) is 0. The Morgan fingerprint density at radius 1 is 1.06 bits per heavy atom. The Bertz CT molecular complexity index is 1260. The molecule has 1 aromatic carbocycles. The minimum Gasteiger partial charge on any atom is -0.486 e. The van der Waals surface area contributed by atoms with Gasteiger partial charge < -0.3 is 13.7 Å². The van der Waals surface area contributed by atoms with Crippen LogP contribution in [0.4, 0.5) is 0 Å². The normalized spacial score (nSPS) is 11.0. The molecule has 32 heavy (non-hydrogen) atoms. The Labute approximate surface area is 183 Å². The van der Waals surface area contributed by atoms with E-state index in [1.54, 1.807) is 19.1 Å². The van der Waals surface area contributed by atoms with Gasteiger partial charge in [0.05, 0.1) is 16.6 Å². The van der Waals surface area contributed by atoms with E-state index in [9.17, 15) is 9.59 Å². The number of pyridine rings is 1. The van der Waals surface area contributed by atoms with Crippen LogP contribution in [-0.4, -0.2) is 22.0 Å². The number of amides is 2. The third kappa shape index (κ3) is 4.46. The van der Waals surface area contributed by atoms with E-state index >= 15 is 0 Å². The number of benzene rings is 1. The molecule has 0 saturated heterocycles. The highest BCUT2D eigenvalue weighted by atomic mass is 16.5. The number of nitrogens with zero attached hydrogens (tertiary/aromatic N) is 2. The van der Waals surface area contributed by atoms with Crippen molar-refractivity contribution in [1.82, 2.24) is 21.0 Å². The highest BCUT2D eigenvalue weighted by molar-refractivity contribution is 6.07. The van der Waals surface area contributed by atoms with Gasteiger partial charge in [-0.2, -0.15) is 0 Å². The van der Waals surface area contributed by atoms with Crippen molar-refractivity contribution in [3.05, 3.63) is 77.0 Å². The van der Waals surface area contributed by atoms with Crippen LogP contribution in [0.15, 0.2) is 57.5 Å². The molecule has 2 N–H and O–H groups in total. The van der Waals surface area contributed by atoms with Gasteiger partial charge in [-0.15, -0.1) is 0 Å². The van der Waals surface area contributed by atoms with Crippen LogP contribution in [0.25, 0.3) is 11.1 Å². The molecule has 0 saturated carbocycles. The van der Waals surface area contributed by atoms with E-state index in [1.807, 2.05) is 44.2 Å². The lowest BCUT2D eigenvalue weighted by Crippen LogP contribution is -2.41. The van der Waals surface area contributed by atoms with Crippen molar-refractivity contribution in [3.8, 4) is 5.75 Å². The van der Waals surface area contributed by atoms with E-state index < -0.39 is 11.8 Å². The van der Waals surface area contributed by atoms with Crippen LogP contribution < -0.4 is 15.6 Å². The second kappa shape index (κ2) is 8.93. The number of furan rings is 1. The van der Waals surface area contributed by atoms with Crippen molar-refractivity contribution >= 4 is 22.9 Å². The zero-order chi connectivity index (χ0) is 22.7. The molecule has 0 bridgehead atoms. The molecule has 3 aromatic heterocycles. The maximum absolute atomic E-state index is 12.8. The van der Waals surface area contributed by atoms with Gasteiger partial charge in [-0.25, -0.2) is 4.98 Å². The van der Waals surface area contributed by atoms with Crippen LogP contribution >= 0.6 is 0 Å². The number of hydrogen-bond donors (Lipinski definition) is 2. The number of nitrogens with one attached hydrogen (secondary N) is 2. The summed E-state index contributed by atoms with van der Waals surface area (Å²) >= 11 is 0. The number of fused-ring (bicyclic) bond motifs is 1. The van der Waals surface area contributed by atoms with Gasteiger partial charge in [0.2, 0.25) is 0 Å². The number of rotatable bonds is 6. The van der Waals surface area contributed by atoms with Gasteiger partial charge in [0.25, 0.3) is 11.6 Å². The van der Waals surface area contributed by atoms with Gasteiger partial charge >= 0.3 is 5.91 Å². The molecular weight excluding hydrogens is 412 g/mol. The van der Waals surface area contributed by atoms with Crippen LogP contribution in [-0.2, 0) is 6.61 Å². The topological polar surface area (TPSA) is 119 Å². The fourth-order valence-electron chi connectivity index (χ4n) is 3.08. The molecule has 0 aliphatic heterocycles. The van der Waals surface area contributed by atoms with Crippen LogP contribution in [0.1, 0.15) is 57.8 Å². The summed E-state index contributed by atoms with van der Waals surface area (Å²) in [5.74, 6) is 0.170. The smallest absolute Gasteiger partial charge is 0.305 e. The Hall–Kier alpha value is -4.14. The number of hydrazine groups is 1. The van der Waals surface area contributed by atoms with Crippen molar-refractivity contribution < 1.29 is 23.3 Å². The highest BCUT2D eigenvalue weighted by Crippen LogP contribution is 2.25. The van der Waals surface area contributed by atoms with E-state index in [1.165, 1.54) is 6.07 Å². The molecule has 2 amide bonds. The summed E-state index contributed by atoms with van der Waals surface area (Å²) in [7, 11) is 0. The molecule has 9 nitrogen and oxygen atoms in total. The predicted molar refractivity (Wildman–Crippen MR) is 115 cm³/mol. The lowest BCUT2D eigenvalue weighted by atomic mass is 10.0. The third-order valence-corrected chi connectivity index (χ3v) is 4.77. The second-order valence-corrected chi connectivity index (χ2v) is 7.47. The molecule has 4 aromatic rings. The average molecular weight is 434 g/mol. The minimum atomic E-state index is -0.597. The molecule has 0 aliphatic carbocycles. The summed E-state index contributed by atoms with van der Waals surface area (Å²) in [5, 5.41) is 4.39. The molecule has 0 aliphatic rings. The lowest BCUT2D eigenvalue weighted by Gasteiger charge is -2.10. The standard InChI is InChI=1S/C23H22N4O5/c1-13(2)18-11-17(20-14(3)27-32-23(20)24-18)21(28)25-26-22(29)19-10-9-16(31-19)12-30-15-7-5-4-6-8-15/h4-11,13H,12H2,1-3H3,(H,25,28)(H,26,29). The number of aryl methyl sites for hydroxylation is 1. The zero-order valence-electron chi connectivity index (χ0n) is 17.8. The third-order valence-electron chi connectivity index (χ3n) is 4.77. The number of hydrogen-bond acceptors (Lipinski definition) is 7. The van der Waals surface area contributed by atoms with E-state index in [2.05, 4.69) is 21.0 Å². The number of carbonyl (C=O) groups is 2. The van der Waals surface area contributed by atoms with Gasteiger partial charge in [-0.3, -0.25) is 20.4 Å². The Balaban J connectivity index is 1.42. The maximum Gasteiger partial charge on any atom is 0.305 e. The molecule has 3 heterocycles. The fraction of sp³-hybridized carbons (Fsp3) is 0.217. The molecule has 0 fully saturated rings. The van der Waals surface area contributed by atoms with Crippen LogP contribution in [0.5, 0.6) is 5.75 Å². The first-order valence-electron chi connectivity index (χ1n) is 10.1. The monoisotopic (exact) mass is 434 g/mol. The second-order valence-electron chi connectivity index (χ2n) is 7.47. The Kier molecular flexibility index (Phi) is 5.89. The Morgan fingerprint density at radius 2 is 1.81 bits per heavy atom. The molecule has 0 unspecified atom stereocenters. The summed E-state index contributed by atoms with van der Waals surface area (Å²) in [6.45, 7) is 5.80. The SMILES string of the molecule is Cc1noc2nc(C(C)C)cc(C(=O)NNC(=O)c3ccc(COc4ccccc4)o3)c12. The number of para-hydroxylation sites is 1. The lowest BCUT2D eigenvalue weighted by molar-refractivity contribution is 0.0829. The van der Waals surface area contributed by atoms with E-state index in [0.29, 0.717) is 33.8 Å². The fourth-order valence-corrected chi connectivity index (χ4v) is 3.08. The average Bonchev–Trinajstić information content (AvgIpc) is 3.43. The first-order valence-corrected chi connectivity index (χ1v) is 10.1. The summed E-state index contributed by atoms with van der Waals surface area (Å²) < 4.78 is 16.3. The van der Waals surface area contributed by atoms with Gasteiger partial charge in [0.1, 0.15) is 18.1 Å². The van der Waals surface area contributed by atoms with Crippen molar-refractivity contribution in [3.63, 3.8) is 0 Å². The summed E-state index contributed by atoms with van der Waals surface area (Å²) in [4.78, 5) is 29.6. The first kappa shape index (κ1) is 21.1. The van der Waals surface area contributed by atoms with Gasteiger partial charge in [0, 0.05) is 5.69 Å². The predicted octanol–water partition coefficient (Wildman–Crippen LogP) is 3.90. The van der Waals surface area contributed by atoms with E-state index in [4.69, 9.17) is 13.7 Å². The number of ether oxygens (including phenoxy) is 1. The quantitative estimate of drug-likeness (QED) is 0.442. The number of aromatic nitrogens is 2. The molecule has 4 rings (SSSR count). The molecule has 164 valence electrons. The van der Waals surface area contributed by atoms with Crippen LogP contribution in [0.2, 0.25) is 0 Å². The summed E-state index contributed by atoms with van der Waals surface area (Å²) in [5.41, 5.74) is 6.58. The first-order chi connectivity index (χ1) is 15.4. The van der Waals surface area contributed by atoms with E-state index in [0.717, 1.165) is 0 Å². The largest absolute Gasteiger partial charge is 0.486 e. The van der Waals surface area contributed by atoms with Gasteiger partial charge in [0.15, 0.2) is 5.76 Å². The molecule has 0 radical (unpaired) electrons. The van der Waals surface area contributed by atoms with E-state index in [-0.39, 0.29) is 24.0 Å². The minimum absolute atomic E-state index is 0.0425. The molecule has 0 atom stereocenters. The molecule has 0 spiro atoms. The summed E-state index contributed by atoms with van der Waals surface area (Å²) in [6, 6.07) is 14.1. The van der Waals surface area contributed by atoms with Crippen LogP contribution in [0.3, 0.4) is 0 Å². The number of carbonyl (C=O) groups excluding carboxylic acids is 2. The zero-order valence-corrected chi connectivity index (χ0v) is 17.8. The molecular formula is C23H22N4O5.